The second-order valence-corrected chi connectivity index (χ2v) is 6.96. The summed E-state index contributed by atoms with van der Waals surface area (Å²) >= 11 is 5.77. The smallest absolute Gasteiger partial charge is 0.335 e. The maximum absolute atomic E-state index is 13.1. The standard InChI is InChI=1S/C12H12ClF2NO4S/c13-9-5-7(11(17)18)1-2-10(9)21(19,20)16-8-3-4-12(14,15)6-8/h1-2,5,8,16H,3-4,6H2,(H,17,18). The van der Waals surface area contributed by atoms with E-state index in [9.17, 15) is 22.0 Å². The van der Waals surface area contributed by atoms with Gasteiger partial charge in [0.25, 0.3) is 0 Å². The topological polar surface area (TPSA) is 83.5 Å². The van der Waals surface area contributed by atoms with E-state index in [0.29, 0.717) is 0 Å². The van der Waals surface area contributed by atoms with Gasteiger partial charge in [-0.25, -0.2) is 26.7 Å². The molecule has 0 amide bonds. The number of nitrogens with one attached hydrogen (secondary N) is 1. The summed E-state index contributed by atoms with van der Waals surface area (Å²) in [6, 6.07) is 2.27. The molecule has 2 rings (SSSR count). The minimum Gasteiger partial charge on any atom is -0.478 e. The van der Waals surface area contributed by atoms with Gasteiger partial charge in [0.05, 0.1) is 10.6 Å². The third-order valence-corrected chi connectivity index (χ3v) is 5.20. The highest BCUT2D eigenvalue weighted by atomic mass is 35.5. The number of hydrogen-bond acceptors (Lipinski definition) is 3. The molecule has 1 aliphatic rings. The molecule has 2 N–H and O–H groups in total. The second-order valence-electron chi connectivity index (χ2n) is 4.87. The van der Waals surface area contributed by atoms with Gasteiger partial charge >= 0.3 is 5.97 Å². The van der Waals surface area contributed by atoms with Crippen molar-refractivity contribution < 1.29 is 27.1 Å². The molecule has 0 heterocycles. The van der Waals surface area contributed by atoms with E-state index in [1.807, 2.05) is 0 Å². The summed E-state index contributed by atoms with van der Waals surface area (Å²) in [6.45, 7) is 0. The van der Waals surface area contributed by atoms with Crippen molar-refractivity contribution in [3.63, 3.8) is 0 Å². The molecular weight excluding hydrogens is 328 g/mol. The number of sulfonamides is 1. The number of halogens is 3. The number of carboxylic acid groups (broad SMARTS) is 1. The normalized spacial score (nSPS) is 21.4. The number of hydrogen-bond donors (Lipinski definition) is 2. The monoisotopic (exact) mass is 339 g/mol. The average molecular weight is 340 g/mol. The summed E-state index contributed by atoms with van der Waals surface area (Å²) in [5.41, 5.74) is -0.161. The Morgan fingerprint density at radius 3 is 2.57 bits per heavy atom. The fraction of sp³-hybridized carbons (Fsp3) is 0.417. The lowest BCUT2D eigenvalue weighted by Gasteiger charge is -2.14. The van der Waals surface area contributed by atoms with E-state index in [-0.39, 0.29) is 28.3 Å². The van der Waals surface area contributed by atoms with Crippen molar-refractivity contribution in [3.8, 4) is 0 Å². The number of carboxylic acids is 1. The van der Waals surface area contributed by atoms with Crippen LogP contribution in [0, 0.1) is 0 Å². The van der Waals surface area contributed by atoms with Gasteiger partial charge < -0.3 is 5.11 Å². The molecule has 1 fully saturated rings. The zero-order valence-corrected chi connectivity index (χ0v) is 12.2. The lowest BCUT2D eigenvalue weighted by atomic mass is 10.2. The first-order valence-electron chi connectivity index (χ1n) is 6.04. The van der Waals surface area contributed by atoms with E-state index in [2.05, 4.69) is 4.72 Å². The molecule has 1 atom stereocenters. The molecule has 1 saturated carbocycles. The van der Waals surface area contributed by atoms with Crippen LogP contribution < -0.4 is 4.72 Å². The number of rotatable bonds is 4. The van der Waals surface area contributed by atoms with Crippen molar-refractivity contribution in [3.05, 3.63) is 28.8 Å². The molecule has 1 aromatic rings. The molecule has 5 nitrogen and oxygen atoms in total. The molecule has 0 aromatic heterocycles. The highest BCUT2D eigenvalue weighted by Gasteiger charge is 2.41. The molecule has 9 heteroatoms. The minimum atomic E-state index is -4.08. The van der Waals surface area contributed by atoms with E-state index in [0.717, 1.165) is 18.2 Å². The zero-order chi connectivity index (χ0) is 15.8. The molecule has 0 aliphatic heterocycles. The Morgan fingerprint density at radius 1 is 1.43 bits per heavy atom. The molecule has 0 spiro atoms. The van der Waals surface area contributed by atoms with Crippen LogP contribution in [0.15, 0.2) is 23.1 Å². The van der Waals surface area contributed by atoms with Gasteiger partial charge in [0.15, 0.2) is 0 Å². The molecule has 0 bridgehead atoms. The first-order valence-corrected chi connectivity index (χ1v) is 7.90. The highest BCUT2D eigenvalue weighted by Crippen LogP contribution is 2.35. The van der Waals surface area contributed by atoms with E-state index in [1.54, 1.807) is 0 Å². The maximum atomic E-state index is 13.1. The molecule has 1 aromatic carbocycles. The maximum Gasteiger partial charge on any atom is 0.335 e. The quantitative estimate of drug-likeness (QED) is 0.882. The zero-order valence-electron chi connectivity index (χ0n) is 10.6. The molecule has 1 unspecified atom stereocenters. The van der Waals surface area contributed by atoms with Crippen molar-refractivity contribution >= 4 is 27.6 Å². The minimum absolute atomic E-state index is 0.0387. The molecular formula is C12H12ClF2NO4S. The molecule has 21 heavy (non-hydrogen) atoms. The fourth-order valence-corrected chi connectivity index (χ4v) is 4.00. The van der Waals surface area contributed by atoms with Crippen LogP contribution in [-0.4, -0.2) is 31.5 Å². The number of alkyl halides is 2. The molecule has 1 aliphatic carbocycles. The number of benzene rings is 1. The summed E-state index contributed by atoms with van der Waals surface area (Å²) in [7, 11) is -4.08. The lowest BCUT2D eigenvalue weighted by Crippen LogP contribution is -2.34. The van der Waals surface area contributed by atoms with Gasteiger partial charge in [-0.15, -0.1) is 0 Å². The van der Waals surface area contributed by atoms with Gasteiger partial charge in [0.1, 0.15) is 4.90 Å². The third kappa shape index (κ3) is 3.69. The van der Waals surface area contributed by atoms with Crippen molar-refractivity contribution in [1.82, 2.24) is 4.72 Å². The Kier molecular flexibility index (Phi) is 4.23. The van der Waals surface area contributed by atoms with Crippen LogP contribution in [0.25, 0.3) is 0 Å². The summed E-state index contributed by atoms with van der Waals surface area (Å²) < 4.78 is 52.5. The number of aromatic carboxylic acids is 1. The molecule has 0 saturated heterocycles. The molecule has 0 radical (unpaired) electrons. The van der Waals surface area contributed by atoms with Gasteiger partial charge in [-0.05, 0) is 24.6 Å². The number of carbonyl (C=O) groups is 1. The van der Waals surface area contributed by atoms with Gasteiger partial charge in [-0.3, -0.25) is 0 Å². The summed E-state index contributed by atoms with van der Waals surface area (Å²) in [5, 5.41) is 8.51. The van der Waals surface area contributed by atoms with Gasteiger partial charge in [-0.2, -0.15) is 0 Å². The van der Waals surface area contributed by atoms with E-state index >= 15 is 0 Å². The summed E-state index contributed by atoms with van der Waals surface area (Å²) in [6.07, 6.45) is -0.889. The Labute approximate surface area is 125 Å². The van der Waals surface area contributed by atoms with Crippen molar-refractivity contribution in [2.24, 2.45) is 0 Å². The fourth-order valence-electron chi connectivity index (χ4n) is 2.19. The first kappa shape index (κ1) is 16.1. The van der Waals surface area contributed by atoms with Gasteiger partial charge in [-0.1, -0.05) is 11.6 Å². The average Bonchev–Trinajstić information content (AvgIpc) is 2.67. The van der Waals surface area contributed by atoms with Crippen molar-refractivity contribution in [2.45, 2.75) is 36.1 Å². The molecule has 116 valence electrons. The lowest BCUT2D eigenvalue weighted by molar-refractivity contribution is 0.00759. The van der Waals surface area contributed by atoms with E-state index in [1.165, 1.54) is 0 Å². The van der Waals surface area contributed by atoms with E-state index < -0.39 is 34.4 Å². The van der Waals surface area contributed by atoms with Crippen LogP contribution in [0.3, 0.4) is 0 Å². The van der Waals surface area contributed by atoms with Crippen LogP contribution in [0.4, 0.5) is 8.78 Å². The first-order chi connectivity index (χ1) is 9.61. The third-order valence-electron chi connectivity index (χ3n) is 3.19. The highest BCUT2D eigenvalue weighted by molar-refractivity contribution is 7.89. The van der Waals surface area contributed by atoms with Gasteiger partial charge in [0.2, 0.25) is 15.9 Å². The Morgan fingerprint density at radius 2 is 2.10 bits per heavy atom. The summed E-state index contributed by atoms with van der Waals surface area (Å²) in [4.78, 5) is 10.4. The second kappa shape index (κ2) is 5.51. The van der Waals surface area contributed by atoms with E-state index in [4.69, 9.17) is 16.7 Å². The van der Waals surface area contributed by atoms with Crippen molar-refractivity contribution in [1.29, 1.82) is 0 Å². The SMILES string of the molecule is O=C(O)c1ccc(S(=O)(=O)NC2CCC(F)(F)C2)c(Cl)c1. The summed E-state index contributed by atoms with van der Waals surface area (Å²) in [5.74, 6) is -4.12. The van der Waals surface area contributed by atoms with Crippen LogP contribution in [0.5, 0.6) is 0 Å². The van der Waals surface area contributed by atoms with Crippen LogP contribution in [0.1, 0.15) is 29.6 Å². The largest absolute Gasteiger partial charge is 0.478 e. The van der Waals surface area contributed by atoms with Crippen LogP contribution in [0.2, 0.25) is 5.02 Å². The Balaban J connectivity index is 2.22. The van der Waals surface area contributed by atoms with Gasteiger partial charge in [0, 0.05) is 18.9 Å². The predicted octanol–water partition coefficient (Wildman–Crippen LogP) is 2.50. The van der Waals surface area contributed by atoms with Crippen molar-refractivity contribution in [2.75, 3.05) is 0 Å². The predicted molar refractivity (Wildman–Crippen MR) is 71.3 cm³/mol. The Bertz CT molecular complexity index is 678. The van der Waals surface area contributed by atoms with Crippen LogP contribution in [-0.2, 0) is 10.0 Å². The Hall–Kier alpha value is -1.25. The van der Waals surface area contributed by atoms with Crippen LogP contribution >= 0.6 is 11.6 Å².